The molecule has 0 saturated heterocycles. The summed E-state index contributed by atoms with van der Waals surface area (Å²) >= 11 is 0. The van der Waals surface area contributed by atoms with Crippen LogP contribution in [0.15, 0.2) is 47.6 Å². The van der Waals surface area contributed by atoms with Crippen molar-refractivity contribution in [2.24, 2.45) is 5.10 Å². The number of nitro groups is 1. The molecule has 122 valence electrons. The predicted octanol–water partition coefficient (Wildman–Crippen LogP) is 2.48. The van der Waals surface area contributed by atoms with Gasteiger partial charge in [0.05, 0.1) is 10.6 Å². The maximum absolute atomic E-state index is 12.0. The zero-order valence-electron chi connectivity index (χ0n) is 12.7. The van der Waals surface area contributed by atoms with Gasteiger partial charge in [-0.25, -0.2) is 5.43 Å². The van der Waals surface area contributed by atoms with E-state index in [1.165, 1.54) is 24.3 Å². The first-order valence-corrected chi connectivity index (χ1v) is 7.04. The lowest BCUT2D eigenvalue weighted by Crippen LogP contribution is -2.19. The summed E-state index contributed by atoms with van der Waals surface area (Å²) in [7, 11) is 0. The summed E-state index contributed by atoms with van der Waals surface area (Å²) in [5, 5.41) is 14.6. The Morgan fingerprint density at radius 1 is 1.12 bits per heavy atom. The van der Waals surface area contributed by atoms with Crippen molar-refractivity contribution in [1.29, 1.82) is 0 Å². The number of rotatable bonds is 4. The van der Waals surface area contributed by atoms with Crippen molar-refractivity contribution in [3.05, 3.63) is 63.7 Å². The van der Waals surface area contributed by atoms with E-state index in [0.717, 1.165) is 5.56 Å². The van der Waals surface area contributed by atoms with E-state index in [0.29, 0.717) is 17.2 Å². The number of benzene rings is 2. The van der Waals surface area contributed by atoms with Gasteiger partial charge in [-0.2, -0.15) is 5.10 Å². The van der Waals surface area contributed by atoms with Gasteiger partial charge in [0.25, 0.3) is 11.6 Å². The SMILES string of the molecule is C/C(=N\NC(=O)c1ccc([N+](=O)[O-])cc1)c1ccc2c(c1)OCO2. The van der Waals surface area contributed by atoms with E-state index >= 15 is 0 Å². The molecule has 0 atom stereocenters. The lowest BCUT2D eigenvalue weighted by Gasteiger charge is -2.04. The molecule has 1 N–H and O–H groups in total. The van der Waals surface area contributed by atoms with E-state index in [1.807, 2.05) is 6.07 Å². The number of nitrogens with one attached hydrogen (secondary N) is 1. The third-order valence-electron chi connectivity index (χ3n) is 3.46. The maximum atomic E-state index is 12.0. The molecule has 1 aliphatic heterocycles. The molecule has 1 aliphatic rings. The second kappa shape index (κ2) is 6.37. The number of nitro benzene ring substituents is 1. The van der Waals surface area contributed by atoms with Crippen LogP contribution in [0.2, 0.25) is 0 Å². The van der Waals surface area contributed by atoms with E-state index in [1.54, 1.807) is 19.1 Å². The van der Waals surface area contributed by atoms with Crippen molar-refractivity contribution in [3.63, 3.8) is 0 Å². The fourth-order valence-corrected chi connectivity index (χ4v) is 2.12. The molecule has 8 heteroatoms. The number of carbonyl (C=O) groups excluding carboxylic acids is 1. The Kier molecular flexibility index (Phi) is 4.11. The molecule has 1 amide bonds. The Morgan fingerprint density at radius 2 is 1.79 bits per heavy atom. The van der Waals surface area contributed by atoms with E-state index in [-0.39, 0.29) is 18.0 Å². The Morgan fingerprint density at radius 3 is 2.50 bits per heavy atom. The number of hydrazone groups is 1. The lowest BCUT2D eigenvalue weighted by atomic mass is 10.1. The standard InChI is InChI=1S/C16H13N3O5/c1-10(12-4-7-14-15(8-12)24-9-23-14)17-18-16(20)11-2-5-13(6-3-11)19(21)22/h2-8H,9H2,1H3,(H,18,20)/b17-10+. The third-order valence-corrected chi connectivity index (χ3v) is 3.46. The summed E-state index contributed by atoms with van der Waals surface area (Å²) in [5.74, 6) is 0.843. The van der Waals surface area contributed by atoms with E-state index in [9.17, 15) is 14.9 Å². The molecular weight excluding hydrogens is 314 g/mol. The second-order valence-corrected chi connectivity index (χ2v) is 5.01. The summed E-state index contributed by atoms with van der Waals surface area (Å²) in [4.78, 5) is 22.1. The highest BCUT2D eigenvalue weighted by Crippen LogP contribution is 2.32. The zero-order valence-corrected chi connectivity index (χ0v) is 12.7. The van der Waals surface area contributed by atoms with Crippen molar-refractivity contribution in [3.8, 4) is 11.5 Å². The van der Waals surface area contributed by atoms with Gasteiger partial charge < -0.3 is 9.47 Å². The average molecular weight is 327 g/mol. The zero-order chi connectivity index (χ0) is 17.1. The van der Waals surface area contributed by atoms with Crippen LogP contribution in [0, 0.1) is 10.1 Å². The topological polar surface area (TPSA) is 103 Å². The van der Waals surface area contributed by atoms with Gasteiger partial charge in [0, 0.05) is 23.3 Å². The van der Waals surface area contributed by atoms with Gasteiger partial charge in [-0.3, -0.25) is 14.9 Å². The number of amides is 1. The van der Waals surface area contributed by atoms with Crippen LogP contribution in [0.5, 0.6) is 11.5 Å². The molecule has 0 radical (unpaired) electrons. The molecule has 0 aromatic heterocycles. The number of fused-ring (bicyclic) bond motifs is 1. The van der Waals surface area contributed by atoms with Gasteiger partial charge in [-0.1, -0.05) is 0 Å². The van der Waals surface area contributed by atoms with Crippen molar-refractivity contribution >= 4 is 17.3 Å². The molecule has 0 spiro atoms. The molecule has 1 heterocycles. The highest BCUT2D eigenvalue weighted by Gasteiger charge is 2.14. The smallest absolute Gasteiger partial charge is 0.271 e. The lowest BCUT2D eigenvalue weighted by molar-refractivity contribution is -0.384. The summed E-state index contributed by atoms with van der Waals surface area (Å²) in [5.41, 5.74) is 3.99. The Hall–Kier alpha value is -3.42. The van der Waals surface area contributed by atoms with Crippen LogP contribution < -0.4 is 14.9 Å². The number of hydrogen-bond donors (Lipinski definition) is 1. The monoisotopic (exact) mass is 327 g/mol. The van der Waals surface area contributed by atoms with Crippen molar-refractivity contribution in [1.82, 2.24) is 5.43 Å². The van der Waals surface area contributed by atoms with Crippen LogP contribution in [0.1, 0.15) is 22.8 Å². The molecule has 3 rings (SSSR count). The molecule has 24 heavy (non-hydrogen) atoms. The van der Waals surface area contributed by atoms with Crippen LogP contribution in [0.3, 0.4) is 0 Å². The minimum absolute atomic E-state index is 0.0772. The molecular formula is C16H13N3O5. The minimum atomic E-state index is -0.524. The average Bonchev–Trinajstić information content (AvgIpc) is 3.07. The molecule has 2 aromatic rings. The second-order valence-electron chi connectivity index (χ2n) is 5.01. The summed E-state index contributed by atoms with van der Waals surface area (Å²) in [6.07, 6.45) is 0. The summed E-state index contributed by atoms with van der Waals surface area (Å²) in [6, 6.07) is 10.6. The molecule has 0 bridgehead atoms. The fourth-order valence-electron chi connectivity index (χ4n) is 2.12. The van der Waals surface area contributed by atoms with Crippen molar-refractivity contribution in [2.75, 3.05) is 6.79 Å². The molecule has 2 aromatic carbocycles. The van der Waals surface area contributed by atoms with Gasteiger partial charge in [-0.05, 0) is 37.3 Å². The molecule has 0 saturated carbocycles. The summed E-state index contributed by atoms with van der Waals surface area (Å²) < 4.78 is 10.5. The van der Waals surface area contributed by atoms with Crippen molar-refractivity contribution < 1.29 is 19.2 Å². The van der Waals surface area contributed by atoms with Gasteiger partial charge in [0.2, 0.25) is 6.79 Å². The van der Waals surface area contributed by atoms with Gasteiger partial charge in [0.1, 0.15) is 0 Å². The summed E-state index contributed by atoms with van der Waals surface area (Å²) in [6.45, 7) is 1.93. The Bertz CT molecular complexity index is 830. The molecule has 0 fully saturated rings. The van der Waals surface area contributed by atoms with Crippen LogP contribution >= 0.6 is 0 Å². The van der Waals surface area contributed by atoms with Crippen LogP contribution in [0.4, 0.5) is 5.69 Å². The number of carbonyl (C=O) groups is 1. The highest BCUT2D eigenvalue weighted by molar-refractivity contribution is 6.01. The van der Waals surface area contributed by atoms with E-state index in [4.69, 9.17) is 9.47 Å². The Labute approximate surface area is 136 Å². The Balaban J connectivity index is 1.70. The first kappa shape index (κ1) is 15.5. The van der Waals surface area contributed by atoms with Crippen LogP contribution in [0.25, 0.3) is 0 Å². The highest BCUT2D eigenvalue weighted by atomic mass is 16.7. The molecule has 8 nitrogen and oxygen atoms in total. The first-order chi connectivity index (χ1) is 11.5. The maximum Gasteiger partial charge on any atom is 0.271 e. The number of hydrogen-bond acceptors (Lipinski definition) is 6. The normalized spacial score (nSPS) is 12.8. The van der Waals surface area contributed by atoms with Gasteiger partial charge >= 0.3 is 0 Å². The van der Waals surface area contributed by atoms with Gasteiger partial charge in [-0.15, -0.1) is 0 Å². The number of ether oxygens (including phenoxy) is 2. The van der Waals surface area contributed by atoms with Crippen LogP contribution in [-0.2, 0) is 0 Å². The quantitative estimate of drug-likeness (QED) is 0.528. The fraction of sp³-hybridized carbons (Fsp3) is 0.125. The minimum Gasteiger partial charge on any atom is -0.454 e. The largest absolute Gasteiger partial charge is 0.454 e. The van der Waals surface area contributed by atoms with Gasteiger partial charge in [0.15, 0.2) is 11.5 Å². The number of non-ortho nitro benzene ring substituents is 1. The molecule has 0 aliphatic carbocycles. The predicted molar refractivity (Wildman–Crippen MR) is 85.3 cm³/mol. The van der Waals surface area contributed by atoms with Crippen molar-refractivity contribution in [2.45, 2.75) is 6.92 Å². The van der Waals surface area contributed by atoms with Crippen LogP contribution in [-0.4, -0.2) is 23.3 Å². The number of nitrogens with zero attached hydrogens (tertiary/aromatic N) is 2. The molecule has 0 unspecified atom stereocenters. The third kappa shape index (κ3) is 3.17. The van der Waals surface area contributed by atoms with E-state index in [2.05, 4.69) is 10.5 Å². The van der Waals surface area contributed by atoms with E-state index < -0.39 is 10.8 Å². The first-order valence-electron chi connectivity index (χ1n) is 7.04.